The SMILES string of the molecule is [CH2]C(CS[Si](C)(C)C)S[Si](C)(C)C. The van der Waals surface area contributed by atoms with Gasteiger partial charge in [0.25, 0.3) is 0 Å². The molecule has 0 aliphatic carbocycles. The third-order valence-corrected chi connectivity index (χ3v) is 10.3. The van der Waals surface area contributed by atoms with Gasteiger partial charge in [-0.15, -0.1) is 0 Å². The topological polar surface area (TPSA) is 0 Å². The predicted octanol–water partition coefficient (Wildman–Crippen LogP) is 4.33. The summed E-state index contributed by atoms with van der Waals surface area (Å²) < 4.78 is 0. The van der Waals surface area contributed by atoms with Crippen LogP contribution in [-0.4, -0.2) is 25.4 Å². The van der Waals surface area contributed by atoms with Crippen LogP contribution in [0, 0.1) is 6.92 Å². The van der Waals surface area contributed by atoms with E-state index in [4.69, 9.17) is 0 Å². The lowest BCUT2D eigenvalue weighted by atomic mass is 10.6. The van der Waals surface area contributed by atoms with Gasteiger partial charge in [-0.1, -0.05) is 39.3 Å². The van der Waals surface area contributed by atoms with Crippen LogP contribution in [0.5, 0.6) is 0 Å². The van der Waals surface area contributed by atoms with Gasteiger partial charge < -0.3 is 0 Å². The number of hydrogen-bond acceptors (Lipinski definition) is 2. The van der Waals surface area contributed by atoms with E-state index in [9.17, 15) is 0 Å². The molecule has 0 aromatic heterocycles. The summed E-state index contributed by atoms with van der Waals surface area (Å²) >= 11 is 4.29. The maximum Gasteiger partial charge on any atom is 0.108 e. The summed E-state index contributed by atoms with van der Waals surface area (Å²) in [6, 6.07) is 0. The molecule has 0 N–H and O–H groups in total. The summed E-state index contributed by atoms with van der Waals surface area (Å²) in [6.45, 7) is 18.6. The monoisotopic (exact) mass is 251 g/mol. The van der Waals surface area contributed by atoms with Crippen molar-refractivity contribution in [1.82, 2.24) is 0 Å². The first-order valence-corrected chi connectivity index (χ1v) is 15.1. The van der Waals surface area contributed by atoms with Crippen LogP contribution in [0.3, 0.4) is 0 Å². The third-order valence-electron chi connectivity index (χ3n) is 1.22. The fourth-order valence-electron chi connectivity index (χ4n) is 0.877. The Kier molecular flexibility index (Phi) is 5.74. The van der Waals surface area contributed by atoms with Crippen molar-refractivity contribution in [2.45, 2.75) is 44.5 Å². The second-order valence-corrected chi connectivity index (χ2v) is 24.2. The highest BCUT2D eigenvalue weighted by atomic mass is 32.4. The molecule has 1 radical (unpaired) electrons. The molecule has 0 aliphatic heterocycles. The van der Waals surface area contributed by atoms with Gasteiger partial charge in [0, 0.05) is 5.25 Å². The minimum Gasteiger partial charge on any atom is -0.185 e. The molecule has 4 heteroatoms. The molecule has 0 saturated carbocycles. The van der Waals surface area contributed by atoms with Crippen LogP contribution in [0.25, 0.3) is 0 Å². The molecule has 0 aliphatic rings. The molecule has 0 amide bonds. The first kappa shape index (κ1) is 14.1. The van der Waals surface area contributed by atoms with E-state index in [0.29, 0.717) is 5.25 Å². The molecule has 0 rings (SSSR count). The van der Waals surface area contributed by atoms with Gasteiger partial charge in [-0.25, -0.2) is 0 Å². The molecular weight excluding hydrogens is 228 g/mol. The lowest BCUT2D eigenvalue weighted by molar-refractivity contribution is 1.28. The largest absolute Gasteiger partial charge is 0.185 e. The summed E-state index contributed by atoms with van der Waals surface area (Å²) in [5.41, 5.74) is 0. The Bertz CT molecular complexity index is 147. The molecule has 0 bridgehead atoms. The quantitative estimate of drug-likeness (QED) is 0.667. The molecule has 0 fully saturated rings. The van der Waals surface area contributed by atoms with Crippen LogP contribution in [0.4, 0.5) is 0 Å². The van der Waals surface area contributed by atoms with E-state index in [0.717, 1.165) is 0 Å². The zero-order valence-corrected chi connectivity index (χ0v) is 13.4. The van der Waals surface area contributed by atoms with Crippen molar-refractivity contribution in [2.24, 2.45) is 0 Å². The van der Waals surface area contributed by atoms with Crippen molar-refractivity contribution in [3.8, 4) is 0 Å². The van der Waals surface area contributed by atoms with Crippen molar-refractivity contribution in [3.05, 3.63) is 6.92 Å². The Morgan fingerprint density at radius 1 is 1.00 bits per heavy atom. The molecule has 0 aromatic carbocycles. The van der Waals surface area contributed by atoms with Crippen molar-refractivity contribution in [2.75, 3.05) is 5.75 Å². The second kappa shape index (κ2) is 5.28. The second-order valence-electron chi connectivity index (χ2n) is 5.28. The van der Waals surface area contributed by atoms with Crippen molar-refractivity contribution in [1.29, 1.82) is 0 Å². The van der Waals surface area contributed by atoms with E-state index in [1.165, 1.54) is 5.75 Å². The number of rotatable bonds is 5. The van der Waals surface area contributed by atoms with Crippen molar-refractivity contribution >= 4 is 36.9 Å². The summed E-state index contributed by atoms with van der Waals surface area (Å²) in [6.07, 6.45) is 0. The van der Waals surface area contributed by atoms with Gasteiger partial charge in [-0.2, -0.15) is 22.4 Å². The molecule has 1 unspecified atom stereocenters. The Hall–Kier alpha value is 1.13. The Balaban J connectivity index is 3.70. The molecule has 79 valence electrons. The van der Waals surface area contributed by atoms with E-state index >= 15 is 0 Å². The summed E-state index contributed by atoms with van der Waals surface area (Å²) in [5, 5.41) is 0.600. The minimum atomic E-state index is -0.960. The fraction of sp³-hybridized carbons (Fsp3) is 0.889. The van der Waals surface area contributed by atoms with Gasteiger partial charge in [-0.3, -0.25) is 0 Å². The Labute approximate surface area is 94.0 Å². The van der Waals surface area contributed by atoms with Gasteiger partial charge >= 0.3 is 0 Å². The summed E-state index contributed by atoms with van der Waals surface area (Å²) in [4.78, 5) is 0. The van der Waals surface area contributed by atoms with Gasteiger partial charge in [0.2, 0.25) is 0 Å². The molecule has 1 atom stereocenters. The van der Waals surface area contributed by atoms with E-state index in [1.54, 1.807) is 0 Å². The normalized spacial score (nSPS) is 15.9. The average Bonchev–Trinajstić information content (AvgIpc) is 1.78. The van der Waals surface area contributed by atoms with E-state index in [-0.39, 0.29) is 0 Å². The van der Waals surface area contributed by atoms with E-state index in [1.807, 2.05) is 0 Å². The minimum absolute atomic E-state index is 0.600. The zero-order valence-electron chi connectivity index (χ0n) is 9.81. The maximum atomic E-state index is 4.23. The average molecular weight is 252 g/mol. The summed E-state index contributed by atoms with van der Waals surface area (Å²) in [7, 11) is -1.88. The van der Waals surface area contributed by atoms with Crippen LogP contribution >= 0.6 is 22.4 Å². The fourth-order valence-corrected chi connectivity index (χ4v) is 9.12. The highest BCUT2D eigenvalue weighted by Gasteiger charge is 2.20. The van der Waals surface area contributed by atoms with Crippen LogP contribution in [0.15, 0.2) is 0 Å². The first-order valence-electron chi connectivity index (χ1n) is 4.75. The van der Waals surface area contributed by atoms with Gasteiger partial charge in [0.15, 0.2) is 0 Å². The third kappa shape index (κ3) is 11.1. The molecule has 0 saturated heterocycles. The van der Waals surface area contributed by atoms with Crippen LogP contribution in [-0.2, 0) is 0 Å². The Morgan fingerprint density at radius 2 is 1.46 bits per heavy atom. The lowest BCUT2D eigenvalue weighted by Crippen LogP contribution is -2.23. The highest BCUT2D eigenvalue weighted by Crippen LogP contribution is 2.29. The van der Waals surface area contributed by atoms with Crippen molar-refractivity contribution in [3.63, 3.8) is 0 Å². The smallest absolute Gasteiger partial charge is 0.108 e. The Morgan fingerprint density at radius 3 is 1.77 bits per heavy atom. The number of hydrogen-bond donors (Lipinski definition) is 0. The molecule has 13 heavy (non-hydrogen) atoms. The molecule has 0 nitrogen and oxygen atoms in total. The van der Waals surface area contributed by atoms with Crippen LogP contribution < -0.4 is 0 Å². The zero-order chi connectivity index (χ0) is 10.7. The van der Waals surface area contributed by atoms with Crippen LogP contribution in [0.1, 0.15) is 0 Å². The highest BCUT2D eigenvalue weighted by molar-refractivity contribution is 8.31. The van der Waals surface area contributed by atoms with Gasteiger partial charge in [0.05, 0.1) is 0 Å². The summed E-state index contributed by atoms with van der Waals surface area (Å²) in [5.74, 6) is 1.24. The van der Waals surface area contributed by atoms with E-state index in [2.05, 4.69) is 68.6 Å². The lowest BCUT2D eigenvalue weighted by Gasteiger charge is -2.23. The molecular formula is C9H23S2Si2. The molecule has 0 aromatic rings. The van der Waals surface area contributed by atoms with Crippen LogP contribution in [0.2, 0.25) is 39.3 Å². The van der Waals surface area contributed by atoms with Gasteiger partial charge in [0.1, 0.15) is 14.4 Å². The molecule has 0 heterocycles. The predicted molar refractivity (Wildman–Crippen MR) is 75.9 cm³/mol. The maximum absolute atomic E-state index is 4.23. The van der Waals surface area contributed by atoms with Gasteiger partial charge in [-0.05, 0) is 12.7 Å². The van der Waals surface area contributed by atoms with Crippen molar-refractivity contribution < 1.29 is 0 Å². The standard InChI is InChI=1S/C9H23S2Si2/c1-9(11-13(5,6)7)8-10-12(2,3)4/h9H,1,8H2,2-7H3. The first-order chi connectivity index (χ1) is 5.60. The van der Waals surface area contributed by atoms with E-state index < -0.39 is 14.4 Å². The molecule has 0 spiro atoms.